The summed E-state index contributed by atoms with van der Waals surface area (Å²) in [4.78, 5) is 13.3. The van der Waals surface area contributed by atoms with E-state index in [1.165, 1.54) is 4.88 Å². The van der Waals surface area contributed by atoms with Crippen molar-refractivity contribution in [2.24, 2.45) is 7.05 Å². The Hall–Kier alpha value is -2.47. The molecule has 2 aromatic heterocycles. The highest BCUT2D eigenvalue weighted by Gasteiger charge is 2.07. The van der Waals surface area contributed by atoms with Crippen LogP contribution in [0.25, 0.3) is 11.4 Å². The molecule has 0 aliphatic heterocycles. The summed E-state index contributed by atoms with van der Waals surface area (Å²) in [6, 6.07) is 11.7. The smallest absolute Gasteiger partial charge is 0.224 e. The van der Waals surface area contributed by atoms with E-state index in [-0.39, 0.29) is 5.91 Å². The third-order valence-electron chi connectivity index (χ3n) is 3.29. The van der Waals surface area contributed by atoms with Crippen LogP contribution in [0.15, 0.2) is 48.1 Å². The third-order valence-corrected chi connectivity index (χ3v) is 4.23. The number of nitrogens with zero attached hydrogens (tertiary/aromatic N) is 3. The molecule has 1 N–H and O–H groups in total. The summed E-state index contributed by atoms with van der Waals surface area (Å²) < 4.78 is 1.84. The number of hydrogen-bond donors (Lipinski definition) is 1. The van der Waals surface area contributed by atoms with Gasteiger partial charge in [0.15, 0.2) is 5.82 Å². The highest BCUT2D eigenvalue weighted by molar-refractivity contribution is 7.09. The van der Waals surface area contributed by atoms with E-state index in [0.717, 1.165) is 23.5 Å². The highest BCUT2D eigenvalue weighted by Crippen LogP contribution is 2.20. The molecule has 1 aromatic carbocycles. The van der Waals surface area contributed by atoms with Crippen LogP contribution in [0.5, 0.6) is 0 Å². The Balaban J connectivity index is 1.65. The van der Waals surface area contributed by atoms with Gasteiger partial charge in [-0.25, -0.2) is 0 Å². The van der Waals surface area contributed by atoms with Gasteiger partial charge >= 0.3 is 0 Å². The molecule has 0 fully saturated rings. The van der Waals surface area contributed by atoms with Crippen LogP contribution in [0.1, 0.15) is 11.3 Å². The summed E-state index contributed by atoms with van der Waals surface area (Å²) in [6.07, 6.45) is 2.91. The van der Waals surface area contributed by atoms with Gasteiger partial charge in [-0.15, -0.1) is 21.5 Å². The molecule has 3 rings (SSSR count). The molecular formula is C16H16N4OS. The van der Waals surface area contributed by atoms with Crippen molar-refractivity contribution in [3.05, 3.63) is 53.0 Å². The van der Waals surface area contributed by atoms with Crippen molar-refractivity contribution in [1.82, 2.24) is 14.8 Å². The van der Waals surface area contributed by atoms with Gasteiger partial charge in [-0.05, 0) is 30.0 Å². The summed E-state index contributed by atoms with van der Waals surface area (Å²) in [5.74, 6) is 0.790. The summed E-state index contributed by atoms with van der Waals surface area (Å²) in [6.45, 7) is 0. The SMILES string of the molecule is Cn1cnnc1-c1cccc(NC(=O)CCc2cccs2)c1. The lowest BCUT2D eigenvalue weighted by atomic mass is 10.2. The zero-order valence-corrected chi connectivity index (χ0v) is 13.0. The molecule has 0 atom stereocenters. The largest absolute Gasteiger partial charge is 0.326 e. The minimum absolute atomic E-state index is 0.0171. The molecule has 0 radical (unpaired) electrons. The lowest BCUT2D eigenvalue weighted by molar-refractivity contribution is -0.116. The molecule has 0 bridgehead atoms. The maximum atomic E-state index is 12.0. The molecule has 5 nitrogen and oxygen atoms in total. The normalized spacial score (nSPS) is 10.6. The maximum Gasteiger partial charge on any atom is 0.224 e. The number of carbonyl (C=O) groups excluding carboxylic acids is 1. The zero-order chi connectivity index (χ0) is 15.4. The Kier molecular flexibility index (Phi) is 4.29. The van der Waals surface area contributed by atoms with E-state index in [9.17, 15) is 4.79 Å². The van der Waals surface area contributed by atoms with Crippen LogP contribution in [0.3, 0.4) is 0 Å². The number of aromatic nitrogens is 3. The second kappa shape index (κ2) is 6.53. The molecule has 0 saturated heterocycles. The van der Waals surface area contributed by atoms with Gasteiger partial charge in [-0.3, -0.25) is 4.79 Å². The van der Waals surface area contributed by atoms with E-state index in [4.69, 9.17) is 0 Å². The van der Waals surface area contributed by atoms with E-state index in [2.05, 4.69) is 15.5 Å². The number of rotatable bonds is 5. The first-order valence-corrected chi connectivity index (χ1v) is 7.87. The molecule has 0 unspecified atom stereocenters. The van der Waals surface area contributed by atoms with Crippen LogP contribution in [-0.2, 0) is 18.3 Å². The number of hydrogen-bond acceptors (Lipinski definition) is 4. The molecular weight excluding hydrogens is 296 g/mol. The molecule has 3 aromatic rings. The quantitative estimate of drug-likeness (QED) is 0.787. The molecule has 22 heavy (non-hydrogen) atoms. The van der Waals surface area contributed by atoms with E-state index >= 15 is 0 Å². The molecule has 0 aliphatic rings. The van der Waals surface area contributed by atoms with Crippen LogP contribution in [0.2, 0.25) is 0 Å². The van der Waals surface area contributed by atoms with E-state index < -0.39 is 0 Å². The van der Waals surface area contributed by atoms with Crippen LogP contribution < -0.4 is 5.32 Å². The first kappa shape index (κ1) is 14.5. The van der Waals surface area contributed by atoms with Gasteiger partial charge in [-0.2, -0.15) is 0 Å². The van der Waals surface area contributed by atoms with Gasteiger partial charge in [0.1, 0.15) is 6.33 Å². The molecule has 0 saturated carbocycles. The number of benzene rings is 1. The van der Waals surface area contributed by atoms with Crippen LogP contribution in [0, 0.1) is 0 Å². The second-order valence-corrected chi connectivity index (χ2v) is 6.01. The Morgan fingerprint density at radius 3 is 2.95 bits per heavy atom. The maximum absolute atomic E-state index is 12.0. The van der Waals surface area contributed by atoms with Crippen molar-refractivity contribution in [3.8, 4) is 11.4 Å². The minimum Gasteiger partial charge on any atom is -0.326 e. The summed E-state index contributed by atoms with van der Waals surface area (Å²) >= 11 is 1.68. The fourth-order valence-electron chi connectivity index (χ4n) is 2.20. The lowest BCUT2D eigenvalue weighted by Crippen LogP contribution is -2.12. The Morgan fingerprint density at radius 1 is 1.32 bits per heavy atom. The predicted octanol–water partition coefficient (Wildman–Crippen LogP) is 3.11. The first-order valence-electron chi connectivity index (χ1n) is 6.99. The van der Waals surface area contributed by atoms with Gasteiger partial charge in [0.05, 0.1) is 0 Å². The van der Waals surface area contributed by atoms with Gasteiger partial charge in [0.2, 0.25) is 5.91 Å². The summed E-state index contributed by atoms with van der Waals surface area (Å²) in [5, 5.41) is 12.9. The van der Waals surface area contributed by atoms with Crippen LogP contribution in [0.4, 0.5) is 5.69 Å². The van der Waals surface area contributed by atoms with Crippen molar-refractivity contribution < 1.29 is 4.79 Å². The average molecular weight is 312 g/mol. The van der Waals surface area contributed by atoms with Gasteiger partial charge < -0.3 is 9.88 Å². The lowest BCUT2D eigenvalue weighted by Gasteiger charge is -2.07. The fraction of sp³-hybridized carbons (Fsp3) is 0.188. The topological polar surface area (TPSA) is 59.8 Å². The average Bonchev–Trinajstić information content (AvgIpc) is 3.16. The van der Waals surface area contributed by atoms with Crippen molar-refractivity contribution in [3.63, 3.8) is 0 Å². The summed E-state index contributed by atoms with van der Waals surface area (Å²) in [5.41, 5.74) is 1.70. The molecule has 0 spiro atoms. The van der Waals surface area contributed by atoms with Gasteiger partial charge in [0, 0.05) is 29.6 Å². The molecule has 112 valence electrons. The number of aryl methyl sites for hydroxylation is 2. The Labute approximate surface area is 132 Å². The Morgan fingerprint density at radius 2 is 2.23 bits per heavy atom. The second-order valence-electron chi connectivity index (χ2n) is 4.97. The van der Waals surface area contributed by atoms with Crippen molar-refractivity contribution >= 4 is 22.9 Å². The van der Waals surface area contributed by atoms with Crippen LogP contribution >= 0.6 is 11.3 Å². The number of amides is 1. The molecule has 0 aliphatic carbocycles. The molecule has 2 heterocycles. The Bertz CT molecular complexity index is 764. The molecule has 6 heteroatoms. The molecule has 1 amide bonds. The summed E-state index contributed by atoms with van der Waals surface area (Å²) in [7, 11) is 1.89. The number of thiophene rings is 1. The standard InChI is InChI=1S/C16H16N4OS/c1-20-11-17-19-16(20)12-4-2-5-13(10-12)18-15(21)8-7-14-6-3-9-22-14/h2-6,9-11H,7-8H2,1H3,(H,18,21). The fourth-order valence-corrected chi connectivity index (χ4v) is 2.90. The van der Waals surface area contributed by atoms with Crippen molar-refractivity contribution in [2.45, 2.75) is 12.8 Å². The number of nitrogens with one attached hydrogen (secondary N) is 1. The highest BCUT2D eigenvalue weighted by atomic mass is 32.1. The first-order chi connectivity index (χ1) is 10.7. The van der Waals surface area contributed by atoms with Crippen LogP contribution in [-0.4, -0.2) is 20.7 Å². The predicted molar refractivity (Wildman–Crippen MR) is 87.7 cm³/mol. The van der Waals surface area contributed by atoms with Crippen molar-refractivity contribution in [2.75, 3.05) is 5.32 Å². The van der Waals surface area contributed by atoms with E-state index in [0.29, 0.717) is 6.42 Å². The third kappa shape index (κ3) is 3.40. The number of anilines is 1. The number of carbonyl (C=O) groups is 1. The monoisotopic (exact) mass is 312 g/mol. The van der Waals surface area contributed by atoms with E-state index in [1.54, 1.807) is 17.7 Å². The zero-order valence-electron chi connectivity index (χ0n) is 12.2. The van der Waals surface area contributed by atoms with Gasteiger partial charge in [0.25, 0.3) is 0 Å². The van der Waals surface area contributed by atoms with Gasteiger partial charge in [-0.1, -0.05) is 18.2 Å². The minimum atomic E-state index is 0.0171. The van der Waals surface area contributed by atoms with Crippen molar-refractivity contribution in [1.29, 1.82) is 0 Å². The van der Waals surface area contributed by atoms with E-state index in [1.807, 2.05) is 53.4 Å².